The van der Waals surface area contributed by atoms with Crippen LogP contribution >= 0.6 is 23.2 Å². The van der Waals surface area contributed by atoms with Crippen LogP contribution in [-0.4, -0.2) is 49.3 Å². The van der Waals surface area contributed by atoms with Crippen molar-refractivity contribution in [1.82, 2.24) is 10.9 Å². The Morgan fingerprint density at radius 3 is 2.52 bits per heavy atom. The number of aliphatic imine (C=N–C) groups is 1. The van der Waals surface area contributed by atoms with Crippen LogP contribution in [0.2, 0.25) is 10.0 Å². The van der Waals surface area contributed by atoms with Gasteiger partial charge in [-0.1, -0.05) is 70.8 Å². The SMILES string of the molecule is COc1ccc(CCNNC(=O)[C@@]2(Cc3ccccc3N=[N+]=[N-])N=C(c3ccc(OCCCO)cc3)O[C@H]2c2ccc(Cl)cc2Cl)cc1. The Kier molecular flexibility index (Phi) is 11.8. The smallest absolute Gasteiger partial charge is 0.266 e. The van der Waals surface area contributed by atoms with Crippen molar-refractivity contribution in [2.24, 2.45) is 10.1 Å². The highest BCUT2D eigenvalue weighted by Gasteiger charge is 2.54. The fraction of sp³-hybridized carbons (Fsp3) is 0.257. The summed E-state index contributed by atoms with van der Waals surface area (Å²) in [4.78, 5) is 22.5. The molecule has 2 atom stereocenters. The van der Waals surface area contributed by atoms with Gasteiger partial charge in [0.05, 0.1) is 13.7 Å². The Bertz CT molecular complexity index is 1800. The molecule has 1 heterocycles. The largest absolute Gasteiger partial charge is 0.497 e. The molecule has 1 aliphatic rings. The zero-order valence-corrected chi connectivity index (χ0v) is 27.6. The van der Waals surface area contributed by atoms with E-state index in [0.29, 0.717) is 64.2 Å². The summed E-state index contributed by atoms with van der Waals surface area (Å²) in [6.45, 7) is 0.815. The van der Waals surface area contributed by atoms with Crippen LogP contribution in [0.3, 0.4) is 0 Å². The number of benzene rings is 4. The number of rotatable bonds is 15. The number of carbonyl (C=O) groups excluding carboxylic acids is 1. The Hall–Kier alpha value is -4.77. The van der Waals surface area contributed by atoms with Crippen molar-refractivity contribution < 1.29 is 24.1 Å². The molecule has 0 unspecified atom stereocenters. The van der Waals surface area contributed by atoms with E-state index >= 15 is 0 Å². The van der Waals surface area contributed by atoms with Gasteiger partial charge in [0.15, 0.2) is 11.6 Å². The zero-order valence-electron chi connectivity index (χ0n) is 26.1. The van der Waals surface area contributed by atoms with E-state index in [9.17, 15) is 10.3 Å². The standard InChI is InChI=1S/C35H34Cl2N6O5/c1-46-27-12-7-23(8-13-27)17-18-39-42-34(45)35(22-25-5-2-3-6-31(25)41-43-38)32(29-16-11-26(36)21-30(29)37)48-33(40-35)24-9-14-28(15-10-24)47-20-4-19-44/h2-3,5-16,21,32,39,44H,4,17-20,22H2,1H3,(H,42,45)/t32-,35-/m0/s1. The van der Waals surface area contributed by atoms with Gasteiger partial charge in [0.2, 0.25) is 5.90 Å². The molecule has 0 radical (unpaired) electrons. The van der Waals surface area contributed by atoms with Crippen LogP contribution < -0.4 is 20.3 Å². The van der Waals surface area contributed by atoms with E-state index in [1.54, 1.807) is 73.8 Å². The lowest BCUT2D eigenvalue weighted by atomic mass is 9.81. The molecule has 0 bridgehead atoms. The van der Waals surface area contributed by atoms with Gasteiger partial charge in [0.25, 0.3) is 5.91 Å². The first-order valence-electron chi connectivity index (χ1n) is 15.2. The summed E-state index contributed by atoms with van der Waals surface area (Å²) < 4.78 is 17.5. The van der Waals surface area contributed by atoms with E-state index < -0.39 is 17.6 Å². The number of halogens is 2. The molecular formula is C35H34Cl2N6O5. The lowest BCUT2D eigenvalue weighted by molar-refractivity contribution is -0.130. The third-order valence-electron chi connectivity index (χ3n) is 7.78. The van der Waals surface area contributed by atoms with Gasteiger partial charge in [0.1, 0.15) is 11.5 Å². The van der Waals surface area contributed by atoms with Gasteiger partial charge in [-0.15, -0.1) is 0 Å². The quantitative estimate of drug-likeness (QED) is 0.0400. The van der Waals surface area contributed by atoms with E-state index in [0.717, 1.165) is 11.3 Å². The van der Waals surface area contributed by atoms with Crippen molar-refractivity contribution in [3.63, 3.8) is 0 Å². The predicted octanol–water partition coefficient (Wildman–Crippen LogP) is 7.07. The Labute approximate surface area is 288 Å². The molecule has 0 aliphatic carbocycles. The number of methoxy groups -OCH3 is 1. The second kappa shape index (κ2) is 16.4. The molecule has 11 nitrogen and oxygen atoms in total. The van der Waals surface area contributed by atoms with Crippen LogP contribution in [0, 0.1) is 0 Å². The maximum Gasteiger partial charge on any atom is 0.266 e. The van der Waals surface area contributed by atoms with Gasteiger partial charge in [-0.3, -0.25) is 10.2 Å². The van der Waals surface area contributed by atoms with Gasteiger partial charge in [-0.25, -0.2) is 10.4 Å². The number of nitrogens with one attached hydrogen (secondary N) is 2. The fourth-order valence-electron chi connectivity index (χ4n) is 5.32. The number of ether oxygens (including phenoxy) is 3. The molecule has 3 N–H and O–H groups in total. The lowest BCUT2D eigenvalue weighted by Crippen LogP contribution is -2.54. The van der Waals surface area contributed by atoms with Crippen LogP contribution in [0.25, 0.3) is 10.4 Å². The van der Waals surface area contributed by atoms with E-state index in [2.05, 4.69) is 20.9 Å². The molecule has 48 heavy (non-hydrogen) atoms. The normalized spacial score (nSPS) is 16.8. The third kappa shape index (κ3) is 8.20. The van der Waals surface area contributed by atoms with Gasteiger partial charge in [0, 0.05) is 57.8 Å². The lowest BCUT2D eigenvalue weighted by Gasteiger charge is -2.31. The first-order valence-corrected chi connectivity index (χ1v) is 16.0. The van der Waals surface area contributed by atoms with Crippen LogP contribution in [0.4, 0.5) is 5.69 Å². The molecule has 0 aromatic heterocycles. The third-order valence-corrected chi connectivity index (χ3v) is 8.34. The van der Waals surface area contributed by atoms with E-state index in [-0.39, 0.29) is 18.9 Å². The topological polar surface area (TPSA) is 150 Å². The highest BCUT2D eigenvalue weighted by molar-refractivity contribution is 6.35. The van der Waals surface area contributed by atoms with E-state index in [1.165, 1.54) is 0 Å². The van der Waals surface area contributed by atoms with Crippen molar-refractivity contribution in [3.05, 3.63) is 134 Å². The molecule has 0 saturated heterocycles. The Morgan fingerprint density at radius 1 is 1.06 bits per heavy atom. The number of aliphatic hydroxyl groups is 1. The number of hydrogen-bond donors (Lipinski definition) is 3. The van der Waals surface area contributed by atoms with Crippen LogP contribution in [0.1, 0.15) is 34.8 Å². The number of hydrazine groups is 1. The highest BCUT2D eigenvalue weighted by atomic mass is 35.5. The molecule has 248 valence electrons. The minimum Gasteiger partial charge on any atom is -0.497 e. The summed E-state index contributed by atoms with van der Waals surface area (Å²) in [6.07, 6.45) is 0.134. The molecule has 13 heteroatoms. The molecule has 1 amide bonds. The molecular weight excluding hydrogens is 655 g/mol. The Morgan fingerprint density at radius 2 is 1.81 bits per heavy atom. The predicted molar refractivity (Wildman–Crippen MR) is 185 cm³/mol. The van der Waals surface area contributed by atoms with Crippen molar-refractivity contribution >= 4 is 40.7 Å². The summed E-state index contributed by atoms with van der Waals surface area (Å²) in [5.74, 6) is 1.09. The fourth-order valence-corrected chi connectivity index (χ4v) is 5.83. The van der Waals surface area contributed by atoms with Gasteiger partial charge < -0.3 is 19.3 Å². The van der Waals surface area contributed by atoms with Gasteiger partial charge >= 0.3 is 0 Å². The average Bonchev–Trinajstić information content (AvgIpc) is 3.48. The maximum atomic E-state index is 14.5. The molecule has 1 aliphatic heterocycles. The van der Waals surface area contributed by atoms with Crippen LogP contribution in [0.15, 0.2) is 101 Å². The Balaban J connectivity index is 1.52. The van der Waals surface area contributed by atoms with Crippen LogP contribution in [0.5, 0.6) is 11.5 Å². The second-order valence-electron chi connectivity index (χ2n) is 10.9. The first kappa shape index (κ1) is 34.6. The number of azide groups is 1. The summed E-state index contributed by atoms with van der Waals surface area (Å²) in [7, 11) is 1.61. The van der Waals surface area contributed by atoms with Gasteiger partial charge in [-0.2, -0.15) is 0 Å². The molecule has 0 saturated carbocycles. The molecule has 4 aromatic rings. The van der Waals surface area contributed by atoms with E-state index in [1.807, 2.05) is 24.3 Å². The highest BCUT2D eigenvalue weighted by Crippen LogP contribution is 2.46. The molecule has 0 spiro atoms. The zero-order chi connectivity index (χ0) is 33.9. The molecule has 5 rings (SSSR count). The number of hydrogen-bond acceptors (Lipinski definition) is 8. The summed E-state index contributed by atoms with van der Waals surface area (Å²) in [5.41, 5.74) is 16.7. The van der Waals surface area contributed by atoms with Crippen molar-refractivity contribution in [2.75, 3.05) is 26.9 Å². The molecule has 4 aromatic carbocycles. The maximum absolute atomic E-state index is 14.5. The number of carbonyl (C=O) groups is 1. The van der Waals surface area contributed by atoms with Gasteiger partial charge in [-0.05, 0) is 71.6 Å². The molecule has 0 fully saturated rings. The van der Waals surface area contributed by atoms with Crippen molar-refractivity contribution in [1.29, 1.82) is 0 Å². The monoisotopic (exact) mass is 688 g/mol. The summed E-state index contributed by atoms with van der Waals surface area (Å²) in [6, 6.07) is 26.7. The number of amides is 1. The average molecular weight is 690 g/mol. The van der Waals surface area contributed by atoms with E-state index in [4.69, 9.17) is 47.5 Å². The van der Waals surface area contributed by atoms with Crippen molar-refractivity contribution in [2.45, 2.75) is 30.9 Å². The number of aliphatic hydroxyl groups excluding tert-OH is 1. The summed E-state index contributed by atoms with van der Waals surface area (Å²) >= 11 is 13.0. The minimum atomic E-state index is -1.61. The summed E-state index contributed by atoms with van der Waals surface area (Å²) in [5, 5.41) is 13.7. The first-order chi connectivity index (χ1) is 23.4. The second-order valence-corrected chi connectivity index (χ2v) is 11.8. The van der Waals surface area contributed by atoms with Crippen LogP contribution in [-0.2, 0) is 22.4 Å². The minimum absolute atomic E-state index is 0.00363. The van der Waals surface area contributed by atoms with Crippen molar-refractivity contribution in [3.8, 4) is 11.5 Å². The number of nitrogens with zero attached hydrogens (tertiary/aromatic N) is 4.